The van der Waals surface area contributed by atoms with E-state index in [4.69, 9.17) is 4.98 Å². The van der Waals surface area contributed by atoms with Crippen molar-refractivity contribution in [1.29, 1.82) is 0 Å². The zero-order chi connectivity index (χ0) is 13.2. The van der Waals surface area contributed by atoms with E-state index in [1.807, 2.05) is 6.07 Å². The molecule has 2 aromatic rings. The average Bonchev–Trinajstić information content (AvgIpc) is 2.47. The lowest BCUT2D eigenvalue weighted by Crippen LogP contribution is -2.46. The van der Waals surface area contributed by atoms with E-state index in [1.165, 1.54) is 5.39 Å². The summed E-state index contributed by atoms with van der Waals surface area (Å²) in [4.78, 5) is 9.64. The second-order valence-electron chi connectivity index (χ2n) is 4.93. The predicted octanol–water partition coefficient (Wildman–Crippen LogP) is 3.14. The molecule has 0 radical (unpaired) electrons. The number of nitrogens with zero attached hydrogens (tertiary/aromatic N) is 3. The van der Waals surface area contributed by atoms with Gasteiger partial charge in [-0.05, 0) is 36.9 Å². The van der Waals surface area contributed by atoms with Crippen LogP contribution in [-0.4, -0.2) is 42.6 Å². The first-order chi connectivity index (χ1) is 9.26. The van der Waals surface area contributed by atoms with Crippen molar-refractivity contribution >= 4 is 32.7 Å². The van der Waals surface area contributed by atoms with E-state index in [0.717, 1.165) is 48.5 Å². The molecule has 0 saturated carbocycles. The summed E-state index contributed by atoms with van der Waals surface area (Å²) in [6.45, 7) is 7.79. The molecule has 0 unspecified atom stereocenters. The average molecular weight is 320 g/mol. The molecule has 4 heteroatoms. The Balaban J connectivity index is 1.84. The van der Waals surface area contributed by atoms with Crippen molar-refractivity contribution < 1.29 is 0 Å². The van der Waals surface area contributed by atoms with Gasteiger partial charge in [0.05, 0.1) is 5.52 Å². The molecule has 1 aromatic heterocycles. The normalized spacial score (nSPS) is 17.1. The number of anilines is 1. The van der Waals surface area contributed by atoms with Gasteiger partial charge in [-0.25, -0.2) is 4.98 Å². The summed E-state index contributed by atoms with van der Waals surface area (Å²) in [5.41, 5.74) is 1.07. The van der Waals surface area contributed by atoms with Gasteiger partial charge in [-0.15, -0.1) is 0 Å². The van der Waals surface area contributed by atoms with E-state index in [1.54, 1.807) is 0 Å². The maximum atomic E-state index is 4.78. The highest BCUT2D eigenvalue weighted by atomic mass is 79.9. The van der Waals surface area contributed by atoms with Gasteiger partial charge in [0.2, 0.25) is 0 Å². The van der Waals surface area contributed by atoms with Crippen LogP contribution in [0.1, 0.15) is 6.92 Å². The van der Waals surface area contributed by atoms with Gasteiger partial charge in [-0.1, -0.05) is 22.9 Å². The third kappa shape index (κ3) is 2.74. The summed E-state index contributed by atoms with van der Waals surface area (Å²) < 4.78 is 1.10. The van der Waals surface area contributed by atoms with E-state index in [2.05, 4.69) is 56.9 Å². The van der Waals surface area contributed by atoms with Gasteiger partial charge in [0.1, 0.15) is 5.82 Å². The number of pyridine rings is 1. The molecule has 0 spiro atoms. The first-order valence-electron chi connectivity index (χ1n) is 6.80. The molecular weight excluding hydrogens is 302 g/mol. The molecule has 0 atom stereocenters. The lowest BCUT2D eigenvalue weighted by molar-refractivity contribution is 0.270. The van der Waals surface area contributed by atoms with Crippen molar-refractivity contribution in [2.24, 2.45) is 0 Å². The number of fused-ring (bicyclic) bond motifs is 1. The largest absolute Gasteiger partial charge is 0.354 e. The minimum absolute atomic E-state index is 1.07. The molecule has 1 aliphatic heterocycles. The van der Waals surface area contributed by atoms with Crippen LogP contribution in [0.2, 0.25) is 0 Å². The van der Waals surface area contributed by atoms with Gasteiger partial charge in [-0.2, -0.15) is 0 Å². The van der Waals surface area contributed by atoms with E-state index >= 15 is 0 Å². The molecule has 3 nitrogen and oxygen atoms in total. The highest BCUT2D eigenvalue weighted by Gasteiger charge is 2.16. The van der Waals surface area contributed by atoms with Crippen LogP contribution in [0.4, 0.5) is 5.82 Å². The number of piperazine rings is 1. The van der Waals surface area contributed by atoms with Crippen molar-refractivity contribution in [1.82, 2.24) is 9.88 Å². The fourth-order valence-corrected chi connectivity index (χ4v) is 2.93. The summed E-state index contributed by atoms with van der Waals surface area (Å²) in [7, 11) is 0. The quantitative estimate of drug-likeness (QED) is 0.847. The first-order valence-corrected chi connectivity index (χ1v) is 7.59. The molecule has 1 saturated heterocycles. The number of rotatable bonds is 2. The number of aromatic nitrogens is 1. The Morgan fingerprint density at radius 2 is 1.89 bits per heavy atom. The van der Waals surface area contributed by atoms with Crippen LogP contribution in [0.25, 0.3) is 10.9 Å². The Bertz CT molecular complexity index is 577. The number of hydrogen-bond donors (Lipinski definition) is 0. The summed E-state index contributed by atoms with van der Waals surface area (Å²) in [6.07, 6.45) is 0. The van der Waals surface area contributed by atoms with Gasteiger partial charge in [0.25, 0.3) is 0 Å². The Hall–Kier alpha value is -1.13. The van der Waals surface area contributed by atoms with Crippen LogP contribution in [0.15, 0.2) is 34.8 Å². The molecule has 19 heavy (non-hydrogen) atoms. The lowest BCUT2D eigenvalue weighted by atomic mass is 10.2. The molecule has 0 N–H and O–H groups in total. The SMILES string of the molecule is CCN1CCN(c2ccc3cc(Br)ccc3n2)CC1. The number of likely N-dealkylation sites (N-methyl/N-ethyl adjacent to an activating group) is 1. The second kappa shape index (κ2) is 5.47. The standard InChI is InChI=1S/C15H18BrN3/c1-2-18-7-9-19(10-8-18)15-6-3-12-11-13(16)4-5-14(12)17-15/h3-6,11H,2,7-10H2,1H3. The Kier molecular flexibility index (Phi) is 3.71. The highest BCUT2D eigenvalue weighted by molar-refractivity contribution is 9.10. The molecule has 0 amide bonds. The van der Waals surface area contributed by atoms with Crippen LogP contribution < -0.4 is 4.90 Å². The zero-order valence-corrected chi connectivity index (χ0v) is 12.7. The van der Waals surface area contributed by atoms with Crippen LogP contribution in [0, 0.1) is 0 Å². The van der Waals surface area contributed by atoms with E-state index in [0.29, 0.717) is 0 Å². The van der Waals surface area contributed by atoms with Gasteiger partial charge in [-0.3, -0.25) is 0 Å². The maximum absolute atomic E-state index is 4.78. The van der Waals surface area contributed by atoms with Crippen molar-refractivity contribution in [3.05, 3.63) is 34.8 Å². The van der Waals surface area contributed by atoms with Gasteiger partial charge in [0, 0.05) is 36.0 Å². The summed E-state index contributed by atoms with van der Waals surface area (Å²) in [5, 5.41) is 1.19. The van der Waals surface area contributed by atoms with Crippen LogP contribution >= 0.6 is 15.9 Å². The molecule has 1 aliphatic rings. The van der Waals surface area contributed by atoms with Crippen molar-refractivity contribution in [2.45, 2.75) is 6.92 Å². The van der Waals surface area contributed by atoms with Gasteiger partial charge < -0.3 is 9.80 Å². The Morgan fingerprint density at radius 3 is 2.63 bits per heavy atom. The van der Waals surface area contributed by atoms with E-state index < -0.39 is 0 Å². The Morgan fingerprint density at radius 1 is 1.11 bits per heavy atom. The molecule has 2 heterocycles. The maximum Gasteiger partial charge on any atom is 0.129 e. The number of benzene rings is 1. The lowest BCUT2D eigenvalue weighted by Gasteiger charge is -2.34. The molecule has 0 bridgehead atoms. The predicted molar refractivity (Wildman–Crippen MR) is 83.8 cm³/mol. The topological polar surface area (TPSA) is 19.4 Å². The molecule has 0 aliphatic carbocycles. The fourth-order valence-electron chi connectivity index (χ4n) is 2.55. The molecule has 3 rings (SSSR count). The third-order valence-electron chi connectivity index (χ3n) is 3.78. The smallest absolute Gasteiger partial charge is 0.129 e. The number of hydrogen-bond acceptors (Lipinski definition) is 3. The minimum atomic E-state index is 1.07. The van der Waals surface area contributed by atoms with Crippen molar-refractivity contribution in [3.63, 3.8) is 0 Å². The fraction of sp³-hybridized carbons (Fsp3) is 0.400. The van der Waals surface area contributed by atoms with Gasteiger partial charge >= 0.3 is 0 Å². The zero-order valence-electron chi connectivity index (χ0n) is 11.1. The molecular formula is C15H18BrN3. The van der Waals surface area contributed by atoms with Crippen molar-refractivity contribution in [3.8, 4) is 0 Å². The molecule has 1 aromatic carbocycles. The highest BCUT2D eigenvalue weighted by Crippen LogP contribution is 2.22. The molecule has 100 valence electrons. The second-order valence-corrected chi connectivity index (χ2v) is 5.84. The number of halogens is 1. The molecule has 1 fully saturated rings. The summed E-state index contributed by atoms with van der Waals surface area (Å²) in [5.74, 6) is 1.10. The van der Waals surface area contributed by atoms with Crippen LogP contribution in [0.5, 0.6) is 0 Å². The van der Waals surface area contributed by atoms with E-state index in [9.17, 15) is 0 Å². The Labute approximate surface area is 122 Å². The summed E-state index contributed by atoms with van der Waals surface area (Å²) in [6, 6.07) is 10.5. The van der Waals surface area contributed by atoms with Gasteiger partial charge in [0.15, 0.2) is 0 Å². The first kappa shape index (κ1) is 12.9. The minimum Gasteiger partial charge on any atom is -0.354 e. The monoisotopic (exact) mass is 319 g/mol. The summed E-state index contributed by atoms with van der Waals surface area (Å²) >= 11 is 3.50. The van der Waals surface area contributed by atoms with Crippen LogP contribution in [-0.2, 0) is 0 Å². The third-order valence-corrected chi connectivity index (χ3v) is 4.27. The van der Waals surface area contributed by atoms with E-state index in [-0.39, 0.29) is 0 Å². The van der Waals surface area contributed by atoms with Crippen molar-refractivity contribution in [2.75, 3.05) is 37.6 Å². The van der Waals surface area contributed by atoms with Crippen LogP contribution in [0.3, 0.4) is 0 Å².